The predicted octanol–water partition coefficient (Wildman–Crippen LogP) is 1.59. The number of carbonyl (C=O) groups excluding carboxylic acids is 1. The third-order valence-corrected chi connectivity index (χ3v) is 3.43. The largest absolute Gasteiger partial charge is 0.350 e. The van der Waals surface area contributed by atoms with E-state index in [0.29, 0.717) is 5.92 Å². The summed E-state index contributed by atoms with van der Waals surface area (Å²) < 4.78 is 0. The Morgan fingerprint density at radius 3 is 2.43 bits per heavy atom. The highest BCUT2D eigenvalue weighted by Crippen LogP contribution is 2.46. The molecule has 2 rings (SSSR count). The quantitative estimate of drug-likeness (QED) is 0.738. The Morgan fingerprint density at radius 2 is 2.07 bits per heavy atom. The fourth-order valence-electron chi connectivity index (χ4n) is 1.83. The summed E-state index contributed by atoms with van der Waals surface area (Å²) in [6.45, 7) is 4.10. The fraction of sp³-hybridized carbons (Fsp3) is 0.818. The summed E-state index contributed by atoms with van der Waals surface area (Å²) in [7, 11) is 0. The average molecular weight is 192 g/mol. The molecule has 2 aliphatic carbocycles. The lowest BCUT2D eigenvalue weighted by molar-refractivity contribution is -0.126. The van der Waals surface area contributed by atoms with Crippen LogP contribution in [0.1, 0.15) is 39.5 Å². The minimum Gasteiger partial charge on any atom is -0.350 e. The van der Waals surface area contributed by atoms with Crippen LogP contribution in [0.5, 0.6) is 0 Å². The van der Waals surface area contributed by atoms with Gasteiger partial charge < -0.3 is 5.32 Å². The van der Waals surface area contributed by atoms with Crippen molar-refractivity contribution in [3.63, 3.8) is 0 Å². The summed E-state index contributed by atoms with van der Waals surface area (Å²) in [6.07, 6.45) is 3.87. The van der Waals surface area contributed by atoms with E-state index in [-0.39, 0.29) is 11.4 Å². The zero-order chi connectivity index (χ0) is 10.4. The number of carbonyl (C=O) groups is 1. The van der Waals surface area contributed by atoms with Gasteiger partial charge in [-0.3, -0.25) is 4.79 Å². The number of rotatable bonds is 3. The van der Waals surface area contributed by atoms with Crippen molar-refractivity contribution in [1.82, 2.24) is 5.32 Å². The van der Waals surface area contributed by atoms with E-state index in [1.165, 1.54) is 12.8 Å². The van der Waals surface area contributed by atoms with Gasteiger partial charge in [0, 0.05) is 5.54 Å². The number of nitrogens with zero attached hydrogens (tertiary/aromatic N) is 1. The SMILES string of the molecule is CC(C)(NC(=O)C1(C#N)CC1)C1CC1. The smallest absolute Gasteiger partial charge is 0.240 e. The maximum absolute atomic E-state index is 11.8. The van der Waals surface area contributed by atoms with Crippen LogP contribution in [-0.4, -0.2) is 11.4 Å². The van der Waals surface area contributed by atoms with Crippen LogP contribution < -0.4 is 5.32 Å². The maximum Gasteiger partial charge on any atom is 0.240 e. The first-order valence-corrected chi connectivity index (χ1v) is 5.24. The van der Waals surface area contributed by atoms with E-state index in [0.717, 1.165) is 12.8 Å². The Bertz CT molecular complexity index is 306. The molecular weight excluding hydrogens is 176 g/mol. The van der Waals surface area contributed by atoms with Gasteiger partial charge in [0.1, 0.15) is 5.41 Å². The third-order valence-electron chi connectivity index (χ3n) is 3.43. The predicted molar refractivity (Wildman–Crippen MR) is 52.2 cm³/mol. The van der Waals surface area contributed by atoms with Crippen molar-refractivity contribution in [3.8, 4) is 6.07 Å². The minimum absolute atomic E-state index is 0.0584. The van der Waals surface area contributed by atoms with Gasteiger partial charge in [-0.05, 0) is 45.4 Å². The first kappa shape index (κ1) is 9.51. The van der Waals surface area contributed by atoms with Crippen molar-refractivity contribution in [2.24, 2.45) is 11.3 Å². The molecule has 0 aromatic carbocycles. The zero-order valence-corrected chi connectivity index (χ0v) is 8.76. The monoisotopic (exact) mass is 192 g/mol. The van der Waals surface area contributed by atoms with Gasteiger partial charge in [0.15, 0.2) is 0 Å². The molecule has 0 bridgehead atoms. The van der Waals surface area contributed by atoms with E-state index < -0.39 is 5.41 Å². The first-order valence-electron chi connectivity index (χ1n) is 5.24. The highest BCUT2D eigenvalue weighted by Gasteiger charge is 2.52. The Labute approximate surface area is 84.5 Å². The molecule has 0 aromatic heterocycles. The number of hydrogen-bond acceptors (Lipinski definition) is 2. The number of amides is 1. The highest BCUT2D eigenvalue weighted by molar-refractivity contribution is 5.88. The van der Waals surface area contributed by atoms with Crippen molar-refractivity contribution in [2.45, 2.75) is 45.1 Å². The molecule has 0 saturated heterocycles. The molecule has 2 aliphatic rings. The molecule has 2 fully saturated rings. The third kappa shape index (κ3) is 1.50. The molecular formula is C11H16N2O. The van der Waals surface area contributed by atoms with Gasteiger partial charge >= 0.3 is 0 Å². The molecule has 76 valence electrons. The lowest BCUT2D eigenvalue weighted by Crippen LogP contribution is -2.48. The molecule has 0 aliphatic heterocycles. The van der Waals surface area contributed by atoms with E-state index in [2.05, 4.69) is 25.2 Å². The van der Waals surface area contributed by atoms with Crippen molar-refractivity contribution in [3.05, 3.63) is 0 Å². The molecule has 0 aromatic rings. The molecule has 0 atom stereocenters. The van der Waals surface area contributed by atoms with Crippen molar-refractivity contribution < 1.29 is 4.79 Å². The second kappa shape index (κ2) is 2.73. The molecule has 2 saturated carbocycles. The van der Waals surface area contributed by atoms with Gasteiger partial charge in [-0.1, -0.05) is 0 Å². The molecule has 0 unspecified atom stereocenters. The normalized spacial score (nSPS) is 23.8. The molecule has 3 heteroatoms. The average Bonchev–Trinajstić information content (AvgIpc) is 2.99. The lowest BCUT2D eigenvalue weighted by Gasteiger charge is -2.27. The molecule has 0 spiro atoms. The first-order chi connectivity index (χ1) is 6.50. The number of nitriles is 1. The van der Waals surface area contributed by atoms with Crippen LogP contribution in [0.15, 0.2) is 0 Å². The van der Waals surface area contributed by atoms with Crippen LogP contribution in [0.3, 0.4) is 0 Å². The molecule has 0 heterocycles. The van der Waals surface area contributed by atoms with E-state index in [1.54, 1.807) is 0 Å². The maximum atomic E-state index is 11.8. The Kier molecular flexibility index (Phi) is 1.85. The van der Waals surface area contributed by atoms with E-state index in [4.69, 9.17) is 5.26 Å². The summed E-state index contributed by atoms with van der Waals surface area (Å²) in [5.74, 6) is 0.554. The summed E-state index contributed by atoms with van der Waals surface area (Å²) >= 11 is 0. The van der Waals surface area contributed by atoms with Crippen LogP contribution in [0.4, 0.5) is 0 Å². The standard InChI is InChI=1S/C11H16N2O/c1-10(2,8-3-4-8)13-9(14)11(7-12)5-6-11/h8H,3-6H2,1-2H3,(H,13,14). The Balaban J connectivity index is 1.98. The van der Waals surface area contributed by atoms with Gasteiger partial charge in [-0.15, -0.1) is 0 Å². The summed E-state index contributed by atoms with van der Waals surface area (Å²) in [5.41, 5.74) is -0.796. The van der Waals surface area contributed by atoms with Gasteiger partial charge in [0.25, 0.3) is 0 Å². The molecule has 3 nitrogen and oxygen atoms in total. The molecule has 0 radical (unpaired) electrons. The van der Waals surface area contributed by atoms with E-state index >= 15 is 0 Å². The Morgan fingerprint density at radius 1 is 1.50 bits per heavy atom. The van der Waals surface area contributed by atoms with Crippen molar-refractivity contribution in [2.75, 3.05) is 0 Å². The van der Waals surface area contributed by atoms with Crippen LogP contribution >= 0.6 is 0 Å². The van der Waals surface area contributed by atoms with Crippen LogP contribution in [0, 0.1) is 22.7 Å². The molecule has 1 N–H and O–H groups in total. The number of nitrogens with one attached hydrogen (secondary N) is 1. The fourth-order valence-corrected chi connectivity index (χ4v) is 1.83. The summed E-state index contributed by atoms with van der Waals surface area (Å²) in [5, 5.41) is 11.9. The highest BCUT2D eigenvalue weighted by atomic mass is 16.2. The summed E-state index contributed by atoms with van der Waals surface area (Å²) in [6, 6.07) is 2.12. The summed E-state index contributed by atoms with van der Waals surface area (Å²) in [4.78, 5) is 11.8. The van der Waals surface area contributed by atoms with Gasteiger partial charge in [-0.25, -0.2) is 0 Å². The second-order valence-corrected chi connectivity index (χ2v) is 5.14. The lowest BCUT2D eigenvalue weighted by atomic mass is 9.96. The Hall–Kier alpha value is -1.04. The molecule has 14 heavy (non-hydrogen) atoms. The van der Waals surface area contributed by atoms with Crippen LogP contribution in [0.2, 0.25) is 0 Å². The van der Waals surface area contributed by atoms with Gasteiger partial charge in [0.05, 0.1) is 6.07 Å². The number of hydrogen-bond donors (Lipinski definition) is 1. The van der Waals surface area contributed by atoms with Crippen molar-refractivity contribution in [1.29, 1.82) is 5.26 Å². The van der Waals surface area contributed by atoms with Gasteiger partial charge in [-0.2, -0.15) is 5.26 Å². The molecule has 1 amide bonds. The second-order valence-electron chi connectivity index (χ2n) is 5.14. The van der Waals surface area contributed by atoms with Gasteiger partial charge in [0.2, 0.25) is 5.91 Å². The zero-order valence-electron chi connectivity index (χ0n) is 8.76. The topological polar surface area (TPSA) is 52.9 Å². The minimum atomic E-state index is -0.674. The van der Waals surface area contributed by atoms with E-state index in [9.17, 15) is 4.79 Å². The van der Waals surface area contributed by atoms with E-state index in [1.807, 2.05) is 0 Å². The van der Waals surface area contributed by atoms with Crippen LogP contribution in [-0.2, 0) is 4.79 Å². The van der Waals surface area contributed by atoms with Crippen molar-refractivity contribution >= 4 is 5.91 Å². The van der Waals surface area contributed by atoms with Crippen LogP contribution in [0.25, 0.3) is 0 Å².